The molecule has 0 aliphatic heterocycles. The molecule has 0 N–H and O–H groups in total. The average Bonchev–Trinajstić information content (AvgIpc) is 3.18. The number of aromatic nitrogens is 2. The van der Waals surface area contributed by atoms with Gasteiger partial charge < -0.3 is 9.15 Å². The fourth-order valence-corrected chi connectivity index (χ4v) is 2.65. The number of esters is 1. The molecule has 0 unspecified atom stereocenters. The van der Waals surface area contributed by atoms with Crippen molar-refractivity contribution in [3.63, 3.8) is 0 Å². The van der Waals surface area contributed by atoms with Crippen LogP contribution in [0.4, 0.5) is 0 Å². The molecule has 3 aromatic rings. The molecule has 1 heterocycles. The number of rotatable bonds is 6. The van der Waals surface area contributed by atoms with Crippen molar-refractivity contribution < 1.29 is 13.9 Å². The van der Waals surface area contributed by atoms with Crippen LogP contribution in [0.15, 0.2) is 70.0 Å². The summed E-state index contributed by atoms with van der Waals surface area (Å²) in [4.78, 5) is 13.2. The molecule has 132 valence electrons. The molecule has 1 aromatic heterocycles. The quantitative estimate of drug-likeness (QED) is 0.355. The molecule has 0 amide bonds. The average molecular weight is 366 g/mol. The van der Waals surface area contributed by atoms with E-state index in [1.54, 1.807) is 24.8 Å². The molecule has 0 aliphatic rings. The van der Waals surface area contributed by atoms with Crippen molar-refractivity contribution in [3.8, 4) is 11.5 Å². The van der Waals surface area contributed by atoms with Crippen LogP contribution >= 0.6 is 11.8 Å². The molecule has 0 radical (unpaired) electrons. The Morgan fingerprint density at radius 2 is 1.85 bits per heavy atom. The number of nitrogens with zero attached hydrogens (tertiary/aromatic N) is 2. The van der Waals surface area contributed by atoms with Gasteiger partial charge in [-0.15, -0.1) is 22.0 Å². The first-order valence-corrected chi connectivity index (χ1v) is 9.30. The maximum atomic E-state index is 12.0. The van der Waals surface area contributed by atoms with Gasteiger partial charge in [-0.1, -0.05) is 30.3 Å². The summed E-state index contributed by atoms with van der Waals surface area (Å²) in [7, 11) is 0. The molecule has 0 saturated heterocycles. The van der Waals surface area contributed by atoms with Gasteiger partial charge in [0.1, 0.15) is 0 Å². The molecular formula is C20H18N2O3S. The molecule has 0 bridgehead atoms. The lowest BCUT2D eigenvalue weighted by molar-refractivity contribution is -0.143. The van der Waals surface area contributed by atoms with E-state index in [0.717, 1.165) is 11.1 Å². The molecule has 1 atom stereocenters. The van der Waals surface area contributed by atoms with Crippen molar-refractivity contribution in [3.05, 3.63) is 72.1 Å². The number of ether oxygens (including phenoxy) is 1. The Hall–Kier alpha value is -2.86. The molecule has 26 heavy (non-hydrogen) atoms. The van der Waals surface area contributed by atoms with Crippen molar-refractivity contribution in [2.45, 2.75) is 17.9 Å². The topological polar surface area (TPSA) is 65.2 Å². The van der Waals surface area contributed by atoms with E-state index in [2.05, 4.69) is 10.2 Å². The second kappa shape index (κ2) is 8.49. The van der Waals surface area contributed by atoms with Gasteiger partial charge in [0.25, 0.3) is 5.89 Å². The lowest BCUT2D eigenvalue weighted by Gasteiger charge is -2.06. The Morgan fingerprint density at radius 1 is 1.12 bits per heavy atom. The highest BCUT2D eigenvalue weighted by Gasteiger charge is 2.17. The maximum absolute atomic E-state index is 12.0. The zero-order valence-corrected chi connectivity index (χ0v) is 15.3. The number of benzene rings is 2. The normalized spacial score (nSPS) is 12.2. The van der Waals surface area contributed by atoms with Gasteiger partial charge in [0.15, 0.2) is 6.10 Å². The van der Waals surface area contributed by atoms with Gasteiger partial charge in [0.05, 0.1) is 0 Å². The van der Waals surface area contributed by atoms with Crippen molar-refractivity contribution in [1.29, 1.82) is 0 Å². The number of carbonyl (C=O) groups excluding carboxylic acids is 1. The summed E-state index contributed by atoms with van der Waals surface area (Å²) in [5, 5.41) is 7.96. The van der Waals surface area contributed by atoms with Gasteiger partial charge in [-0.25, -0.2) is 4.79 Å². The number of thioether (sulfide) groups is 1. The van der Waals surface area contributed by atoms with E-state index in [0.29, 0.717) is 5.89 Å². The molecule has 0 spiro atoms. The van der Waals surface area contributed by atoms with E-state index >= 15 is 0 Å². The zero-order valence-electron chi connectivity index (χ0n) is 14.5. The smallest absolute Gasteiger partial charge is 0.331 e. The highest BCUT2D eigenvalue weighted by molar-refractivity contribution is 7.98. The third-order valence-corrected chi connectivity index (χ3v) is 4.37. The highest BCUT2D eigenvalue weighted by atomic mass is 32.2. The molecule has 5 nitrogen and oxygen atoms in total. The van der Waals surface area contributed by atoms with E-state index in [9.17, 15) is 4.79 Å². The van der Waals surface area contributed by atoms with Gasteiger partial charge in [0.2, 0.25) is 5.89 Å². The van der Waals surface area contributed by atoms with Crippen LogP contribution in [0.1, 0.15) is 24.5 Å². The van der Waals surface area contributed by atoms with Crippen LogP contribution in [0.3, 0.4) is 0 Å². The van der Waals surface area contributed by atoms with Crippen molar-refractivity contribution in [2.24, 2.45) is 0 Å². The lowest BCUT2D eigenvalue weighted by atomic mass is 10.2. The SMILES string of the molecule is CSc1ccc(/C=C/C(=O)O[C@@H](C)c2nnc(-c3ccccc3)o2)cc1. The van der Waals surface area contributed by atoms with Gasteiger partial charge in [-0.05, 0) is 49.1 Å². The van der Waals surface area contributed by atoms with Crippen molar-refractivity contribution >= 4 is 23.8 Å². The first kappa shape index (κ1) is 17.9. The van der Waals surface area contributed by atoms with Gasteiger partial charge in [-0.2, -0.15) is 0 Å². The summed E-state index contributed by atoms with van der Waals surface area (Å²) in [5.41, 5.74) is 1.75. The minimum absolute atomic E-state index is 0.259. The van der Waals surface area contributed by atoms with Crippen molar-refractivity contribution in [2.75, 3.05) is 6.26 Å². The Morgan fingerprint density at radius 3 is 2.54 bits per heavy atom. The summed E-state index contributed by atoms with van der Waals surface area (Å²) in [5.74, 6) is 0.189. The number of hydrogen-bond donors (Lipinski definition) is 0. The molecule has 3 rings (SSSR count). The van der Waals surface area contributed by atoms with Gasteiger partial charge >= 0.3 is 5.97 Å². The Labute approximate surface area is 156 Å². The summed E-state index contributed by atoms with van der Waals surface area (Å²) < 4.78 is 10.9. The number of hydrogen-bond acceptors (Lipinski definition) is 6. The molecule has 0 aliphatic carbocycles. The molecular weight excluding hydrogens is 348 g/mol. The van der Waals surface area contributed by atoms with Gasteiger partial charge in [-0.3, -0.25) is 0 Å². The Balaban J connectivity index is 1.60. The number of carbonyl (C=O) groups is 1. The van der Waals surface area contributed by atoms with Crippen LogP contribution in [0.5, 0.6) is 0 Å². The third-order valence-electron chi connectivity index (χ3n) is 3.63. The van der Waals surface area contributed by atoms with Gasteiger partial charge in [0, 0.05) is 16.5 Å². The van der Waals surface area contributed by atoms with Crippen LogP contribution in [0.25, 0.3) is 17.5 Å². The van der Waals surface area contributed by atoms with E-state index in [-0.39, 0.29) is 5.89 Å². The highest BCUT2D eigenvalue weighted by Crippen LogP contribution is 2.22. The van der Waals surface area contributed by atoms with E-state index in [4.69, 9.17) is 9.15 Å². The maximum Gasteiger partial charge on any atom is 0.331 e. The summed E-state index contributed by atoms with van der Waals surface area (Å²) >= 11 is 1.67. The lowest BCUT2D eigenvalue weighted by Crippen LogP contribution is -2.06. The third kappa shape index (κ3) is 4.61. The minimum atomic E-state index is -0.629. The molecule has 6 heteroatoms. The standard InChI is InChI=1S/C20H18N2O3S/c1-14(19-21-22-20(25-19)16-6-4-3-5-7-16)24-18(23)13-10-15-8-11-17(26-2)12-9-15/h3-14H,1-2H3/b13-10+/t14-/m0/s1. The first-order chi connectivity index (χ1) is 12.7. The van der Waals surface area contributed by atoms with E-state index in [1.165, 1.54) is 11.0 Å². The monoisotopic (exact) mass is 366 g/mol. The largest absolute Gasteiger partial charge is 0.449 e. The van der Waals surface area contributed by atoms with Crippen LogP contribution in [-0.2, 0) is 9.53 Å². The Kier molecular flexibility index (Phi) is 5.86. The van der Waals surface area contributed by atoms with E-state index < -0.39 is 12.1 Å². The zero-order chi connectivity index (χ0) is 18.4. The fraction of sp³-hybridized carbons (Fsp3) is 0.150. The Bertz CT molecular complexity index is 889. The van der Waals surface area contributed by atoms with Crippen LogP contribution in [0.2, 0.25) is 0 Å². The van der Waals surface area contributed by atoms with Crippen molar-refractivity contribution in [1.82, 2.24) is 10.2 Å². The second-order valence-corrected chi connectivity index (χ2v) is 6.38. The molecule has 0 fully saturated rings. The minimum Gasteiger partial charge on any atom is -0.449 e. The summed E-state index contributed by atoms with van der Waals surface area (Å²) in [6, 6.07) is 17.3. The van der Waals surface area contributed by atoms with Crippen LogP contribution in [-0.4, -0.2) is 22.4 Å². The summed E-state index contributed by atoms with van der Waals surface area (Å²) in [6.07, 6.45) is 4.49. The predicted molar refractivity (Wildman–Crippen MR) is 101 cm³/mol. The fourth-order valence-electron chi connectivity index (χ4n) is 2.24. The second-order valence-electron chi connectivity index (χ2n) is 5.50. The molecule has 0 saturated carbocycles. The van der Waals surface area contributed by atoms with Crippen LogP contribution < -0.4 is 0 Å². The van der Waals surface area contributed by atoms with E-state index in [1.807, 2.05) is 60.9 Å². The summed E-state index contributed by atoms with van der Waals surface area (Å²) in [6.45, 7) is 1.70. The molecule has 2 aromatic carbocycles. The first-order valence-electron chi connectivity index (χ1n) is 8.07. The van der Waals surface area contributed by atoms with Crippen LogP contribution in [0, 0.1) is 0 Å². The predicted octanol–water partition coefficient (Wildman–Crippen LogP) is 4.78.